The van der Waals surface area contributed by atoms with Gasteiger partial charge in [-0.2, -0.15) is 0 Å². The summed E-state index contributed by atoms with van der Waals surface area (Å²) in [7, 11) is 1.53. The van der Waals surface area contributed by atoms with Gasteiger partial charge in [0.05, 0.1) is 40.2 Å². The average molecular weight is 618 g/mol. The number of nitrogens with zero attached hydrogens (tertiary/aromatic N) is 2. The predicted molar refractivity (Wildman–Crippen MR) is 153 cm³/mol. The fourth-order valence-corrected chi connectivity index (χ4v) is 6.58. The molecule has 0 radical (unpaired) electrons. The van der Waals surface area contributed by atoms with E-state index in [1.807, 2.05) is 6.07 Å². The first kappa shape index (κ1) is 26.2. The van der Waals surface area contributed by atoms with Crippen LogP contribution in [0.2, 0.25) is 5.02 Å². The van der Waals surface area contributed by atoms with Gasteiger partial charge < -0.3 is 9.64 Å². The van der Waals surface area contributed by atoms with Gasteiger partial charge in [-0.1, -0.05) is 60.1 Å². The van der Waals surface area contributed by atoms with Crippen molar-refractivity contribution in [2.75, 3.05) is 12.0 Å². The molecule has 2 fully saturated rings. The van der Waals surface area contributed by atoms with Gasteiger partial charge in [0, 0.05) is 22.9 Å². The Hall–Kier alpha value is -4.01. The van der Waals surface area contributed by atoms with E-state index >= 15 is 0 Å². The molecule has 0 aliphatic carbocycles. The number of ether oxygens (including phenoxy) is 1. The van der Waals surface area contributed by atoms with E-state index in [0.29, 0.717) is 26.9 Å². The number of anilines is 1. The van der Waals surface area contributed by atoms with E-state index in [2.05, 4.69) is 15.9 Å². The van der Waals surface area contributed by atoms with Crippen LogP contribution in [-0.4, -0.2) is 47.5 Å². The van der Waals surface area contributed by atoms with E-state index in [-0.39, 0.29) is 22.3 Å². The first-order valence-corrected chi connectivity index (χ1v) is 13.8. The highest BCUT2D eigenvalue weighted by Crippen LogP contribution is 2.48. The fourth-order valence-electron chi connectivity index (χ4n) is 5.81. The quantitative estimate of drug-likeness (QED) is 0.269. The maximum atomic E-state index is 14.1. The third kappa shape index (κ3) is 4.10. The highest BCUT2D eigenvalue weighted by molar-refractivity contribution is 9.10. The van der Waals surface area contributed by atoms with Crippen LogP contribution < -0.4 is 9.64 Å². The first-order valence-electron chi connectivity index (χ1n) is 12.6. The Kier molecular flexibility index (Phi) is 6.68. The normalized spacial score (nSPS) is 23.1. The second kappa shape index (κ2) is 10.2. The van der Waals surface area contributed by atoms with Gasteiger partial charge in [-0.15, -0.1) is 0 Å². The van der Waals surface area contributed by atoms with Crippen molar-refractivity contribution in [3.8, 4) is 5.75 Å². The van der Waals surface area contributed by atoms with Crippen LogP contribution in [-0.2, 0) is 9.59 Å². The van der Waals surface area contributed by atoms with Gasteiger partial charge in [-0.3, -0.25) is 19.2 Å². The number of amides is 2. The number of hydrogen-bond acceptors (Lipinski definition) is 6. The van der Waals surface area contributed by atoms with Crippen molar-refractivity contribution in [2.24, 2.45) is 11.8 Å². The monoisotopic (exact) mass is 616 g/mol. The van der Waals surface area contributed by atoms with Gasteiger partial charge in [0.25, 0.3) is 0 Å². The molecular formula is C31H22BrClN2O5. The molecule has 0 spiro atoms. The number of carbonyl (C=O) groups is 4. The smallest absolute Gasteiger partial charge is 0.240 e. The van der Waals surface area contributed by atoms with Crippen LogP contribution >= 0.6 is 27.5 Å². The summed E-state index contributed by atoms with van der Waals surface area (Å²) in [6.07, 6.45) is 4.99. The van der Waals surface area contributed by atoms with Gasteiger partial charge in [0.15, 0.2) is 11.6 Å². The van der Waals surface area contributed by atoms with Crippen LogP contribution in [0, 0.1) is 11.8 Å². The summed E-state index contributed by atoms with van der Waals surface area (Å²) in [6, 6.07) is 18.7. The van der Waals surface area contributed by atoms with Gasteiger partial charge in [0.1, 0.15) is 11.8 Å². The highest BCUT2D eigenvalue weighted by atomic mass is 79.9. The summed E-state index contributed by atoms with van der Waals surface area (Å²) >= 11 is 9.82. The molecular weight excluding hydrogens is 596 g/mol. The van der Waals surface area contributed by atoms with Crippen molar-refractivity contribution in [3.63, 3.8) is 0 Å². The lowest BCUT2D eigenvalue weighted by Gasteiger charge is -2.33. The lowest BCUT2D eigenvalue weighted by molar-refractivity contribution is -0.123. The Morgan fingerprint density at radius 3 is 2.30 bits per heavy atom. The molecule has 2 saturated heterocycles. The maximum absolute atomic E-state index is 14.1. The molecule has 3 aliphatic heterocycles. The number of hydrogen-bond donors (Lipinski definition) is 0. The molecule has 0 N–H and O–H groups in total. The van der Waals surface area contributed by atoms with Crippen molar-refractivity contribution in [2.45, 2.75) is 12.1 Å². The van der Waals surface area contributed by atoms with Crippen molar-refractivity contribution >= 4 is 56.6 Å². The molecule has 6 rings (SSSR count). The van der Waals surface area contributed by atoms with Crippen LogP contribution in [0.3, 0.4) is 0 Å². The Morgan fingerprint density at radius 2 is 1.60 bits per heavy atom. The predicted octanol–water partition coefficient (Wildman–Crippen LogP) is 5.49. The molecule has 3 aromatic rings. The molecule has 2 amide bonds. The lowest BCUT2D eigenvalue weighted by Crippen LogP contribution is -2.46. The average Bonchev–Trinajstić information content (AvgIpc) is 3.44. The molecule has 40 heavy (non-hydrogen) atoms. The fraction of sp³-hybridized carbons (Fsp3) is 0.161. The Balaban J connectivity index is 1.44. The van der Waals surface area contributed by atoms with Gasteiger partial charge in [0.2, 0.25) is 11.8 Å². The van der Waals surface area contributed by atoms with Gasteiger partial charge in [-0.25, -0.2) is 4.90 Å². The van der Waals surface area contributed by atoms with E-state index in [1.54, 1.807) is 90.0 Å². The minimum absolute atomic E-state index is 0.207. The van der Waals surface area contributed by atoms with Crippen LogP contribution in [0.25, 0.3) is 0 Å². The van der Waals surface area contributed by atoms with E-state index in [4.69, 9.17) is 16.3 Å². The minimum Gasteiger partial charge on any atom is -0.496 e. The van der Waals surface area contributed by atoms with Crippen molar-refractivity contribution in [1.29, 1.82) is 0 Å². The van der Waals surface area contributed by atoms with Crippen molar-refractivity contribution in [3.05, 3.63) is 117 Å². The molecule has 7 nitrogen and oxygen atoms in total. The Labute approximate surface area is 243 Å². The van der Waals surface area contributed by atoms with E-state index in [0.717, 1.165) is 4.90 Å². The van der Waals surface area contributed by atoms with Crippen molar-refractivity contribution in [1.82, 2.24) is 4.90 Å². The molecule has 9 heteroatoms. The summed E-state index contributed by atoms with van der Waals surface area (Å²) in [5.41, 5.74) is 1.53. The zero-order valence-electron chi connectivity index (χ0n) is 21.2. The summed E-state index contributed by atoms with van der Waals surface area (Å²) in [5, 5.41) is 0.252. The third-order valence-corrected chi connectivity index (χ3v) is 8.58. The molecule has 0 saturated carbocycles. The van der Waals surface area contributed by atoms with Crippen LogP contribution in [0.4, 0.5) is 5.69 Å². The molecule has 3 aromatic carbocycles. The van der Waals surface area contributed by atoms with Gasteiger partial charge in [-0.05, 0) is 52.3 Å². The molecule has 3 heterocycles. The van der Waals surface area contributed by atoms with Crippen molar-refractivity contribution < 1.29 is 23.9 Å². The third-order valence-electron chi connectivity index (χ3n) is 7.64. The number of para-hydroxylation sites is 1. The number of Topliss-reactive ketones (excluding diaryl/α,β-unsaturated/α-hetero) is 2. The SMILES string of the molecule is COc1ccc(C(=O)[C@H]2[C@@H]3C(=O)N(c4ccccc4Cl)C(=O)[C@@H]3[C@H]3C=C(C(=O)c4ccccc4)C=CN32)cc1Br. The second-order valence-electron chi connectivity index (χ2n) is 9.74. The summed E-state index contributed by atoms with van der Waals surface area (Å²) in [6.45, 7) is 0. The van der Waals surface area contributed by atoms with Crippen LogP contribution in [0.1, 0.15) is 20.7 Å². The number of ketones is 2. The standard InChI is InChI=1S/C31H22BrClN2O5/c1-40-24-12-11-18(15-20(24)32)29(37)27-26-25(30(38)35(31(26)39)22-10-6-5-9-21(22)33)23-16-19(13-14-34(23)27)28(36)17-7-3-2-4-8-17/h2-16,23,25-27H,1H3/t23-,25-,26-,27-/m1/s1. The molecule has 0 aromatic heterocycles. The number of methoxy groups -OCH3 is 1. The zero-order chi connectivity index (χ0) is 28.1. The number of carbonyl (C=O) groups excluding carboxylic acids is 4. The van der Waals surface area contributed by atoms with E-state index < -0.39 is 35.7 Å². The number of rotatable bonds is 6. The van der Waals surface area contributed by atoms with E-state index in [9.17, 15) is 19.2 Å². The number of fused-ring (bicyclic) bond motifs is 3. The second-order valence-corrected chi connectivity index (χ2v) is 11.0. The minimum atomic E-state index is -0.978. The number of benzene rings is 3. The Bertz CT molecular complexity index is 1640. The Morgan fingerprint density at radius 1 is 0.900 bits per heavy atom. The molecule has 0 bridgehead atoms. The zero-order valence-corrected chi connectivity index (χ0v) is 23.5. The molecule has 4 atom stereocenters. The van der Waals surface area contributed by atoms with Gasteiger partial charge >= 0.3 is 0 Å². The molecule has 0 unspecified atom stereocenters. The van der Waals surface area contributed by atoms with Crippen LogP contribution in [0.5, 0.6) is 5.75 Å². The van der Waals surface area contributed by atoms with E-state index in [1.165, 1.54) is 7.11 Å². The maximum Gasteiger partial charge on any atom is 0.240 e. The number of halogens is 2. The first-order chi connectivity index (χ1) is 19.3. The summed E-state index contributed by atoms with van der Waals surface area (Å²) in [4.78, 5) is 58.1. The summed E-state index contributed by atoms with van der Waals surface area (Å²) < 4.78 is 5.89. The van der Waals surface area contributed by atoms with Crippen LogP contribution in [0.15, 0.2) is 101 Å². The topological polar surface area (TPSA) is 84.0 Å². The highest BCUT2D eigenvalue weighted by Gasteiger charge is 2.63. The largest absolute Gasteiger partial charge is 0.496 e. The number of imide groups is 1. The molecule has 200 valence electrons. The lowest BCUT2D eigenvalue weighted by atomic mass is 9.85. The molecule has 3 aliphatic rings. The number of allylic oxidation sites excluding steroid dienone is 2. The summed E-state index contributed by atoms with van der Waals surface area (Å²) in [5.74, 6) is -2.79.